The Kier molecular flexibility index (Phi) is 3.53. The number of para-hydroxylation sites is 1. The fourth-order valence-corrected chi connectivity index (χ4v) is 4.22. The van der Waals surface area contributed by atoms with E-state index in [9.17, 15) is 4.79 Å². The lowest BCUT2D eigenvalue weighted by Crippen LogP contribution is -2.59. The Bertz CT molecular complexity index is 738. The Hall–Kier alpha value is -2.01. The van der Waals surface area contributed by atoms with E-state index < -0.39 is 0 Å². The highest BCUT2D eigenvalue weighted by atomic mass is 16.2. The van der Waals surface area contributed by atoms with Gasteiger partial charge in [-0.15, -0.1) is 0 Å². The number of carbonyl (C=O) groups is 1. The fourth-order valence-electron chi connectivity index (χ4n) is 4.22. The van der Waals surface area contributed by atoms with Crippen molar-refractivity contribution in [2.45, 2.75) is 31.7 Å². The Balaban J connectivity index is 1.73. The number of benzene rings is 1. The van der Waals surface area contributed by atoms with E-state index in [0.717, 1.165) is 38.9 Å². The van der Waals surface area contributed by atoms with Gasteiger partial charge in [0.15, 0.2) is 0 Å². The molecule has 1 atom stereocenters. The topological polar surface area (TPSA) is 60.2 Å². The summed E-state index contributed by atoms with van der Waals surface area (Å²) in [6, 6.07) is 8.58. The third-order valence-corrected chi connectivity index (χ3v) is 5.24. The first-order chi connectivity index (χ1) is 11.2. The van der Waals surface area contributed by atoms with E-state index >= 15 is 0 Å². The number of hydrogen-bond acceptors (Lipinski definition) is 2. The summed E-state index contributed by atoms with van der Waals surface area (Å²) >= 11 is 0. The van der Waals surface area contributed by atoms with E-state index in [1.807, 2.05) is 11.8 Å². The lowest BCUT2D eigenvalue weighted by Gasteiger charge is -2.45. The highest BCUT2D eigenvalue weighted by Crippen LogP contribution is 2.39. The summed E-state index contributed by atoms with van der Waals surface area (Å²) in [4.78, 5) is 17.9. The van der Waals surface area contributed by atoms with E-state index in [0.29, 0.717) is 6.54 Å². The Morgan fingerprint density at radius 2 is 2.26 bits per heavy atom. The van der Waals surface area contributed by atoms with E-state index in [4.69, 9.17) is 0 Å². The maximum absolute atomic E-state index is 12.3. The normalized spacial score (nSPS) is 24.0. The molecule has 0 bridgehead atoms. The molecule has 5 heteroatoms. The molecule has 1 aromatic heterocycles. The molecular formula is C18H24N4O. The zero-order chi connectivity index (χ0) is 15.9. The molecule has 4 rings (SSSR count). The van der Waals surface area contributed by atoms with Crippen LogP contribution in [0.4, 0.5) is 4.79 Å². The van der Waals surface area contributed by atoms with Gasteiger partial charge in [-0.1, -0.05) is 18.2 Å². The number of aromatic amines is 1. The summed E-state index contributed by atoms with van der Waals surface area (Å²) in [5, 5.41) is 7.99. The second-order valence-electron chi connectivity index (χ2n) is 6.64. The third-order valence-electron chi connectivity index (χ3n) is 5.24. The number of nitrogens with one attached hydrogen (secondary N) is 3. The van der Waals surface area contributed by atoms with Crippen molar-refractivity contribution in [2.24, 2.45) is 0 Å². The van der Waals surface area contributed by atoms with Gasteiger partial charge in [-0.2, -0.15) is 0 Å². The average molecular weight is 312 g/mol. The standard InChI is InChI=1S/C18H24N4O/c1-2-19-17(23)22-11-5-9-18(12-22)16-14(8-10-20-18)13-6-3-4-7-15(13)21-16/h3-4,6-7,20-21H,2,5,8-12H2,1H3,(H,19,23). The van der Waals surface area contributed by atoms with Crippen LogP contribution in [-0.2, 0) is 12.0 Å². The number of urea groups is 1. The number of likely N-dealkylation sites (tertiary alicyclic amines) is 1. The van der Waals surface area contributed by atoms with Crippen molar-refractivity contribution in [2.75, 3.05) is 26.2 Å². The Morgan fingerprint density at radius 1 is 1.39 bits per heavy atom. The number of carbonyl (C=O) groups excluding carboxylic acids is 1. The van der Waals surface area contributed by atoms with Crippen LogP contribution in [0, 0.1) is 0 Å². The molecule has 1 aromatic carbocycles. The molecule has 2 aliphatic heterocycles. The van der Waals surface area contributed by atoms with Crippen LogP contribution in [-0.4, -0.2) is 42.1 Å². The molecule has 1 fully saturated rings. The van der Waals surface area contributed by atoms with E-state index in [1.54, 1.807) is 0 Å². The lowest BCUT2D eigenvalue weighted by atomic mass is 9.80. The third kappa shape index (κ3) is 2.30. The van der Waals surface area contributed by atoms with Crippen molar-refractivity contribution in [3.63, 3.8) is 0 Å². The molecule has 5 nitrogen and oxygen atoms in total. The molecule has 0 saturated carbocycles. The van der Waals surface area contributed by atoms with Crippen LogP contribution < -0.4 is 10.6 Å². The molecule has 122 valence electrons. The molecule has 3 N–H and O–H groups in total. The minimum atomic E-state index is -0.129. The molecule has 1 spiro atoms. The molecule has 23 heavy (non-hydrogen) atoms. The van der Waals surface area contributed by atoms with Gasteiger partial charge in [-0.25, -0.2) is 4.79 Å². The first-order valence-electron chi connectivity index (χ1n) is 8.61. The number of aromatic nitrogens is 1. The van der Waals surface area contributed by atoms with Gasteiger partial charge in [0.25, 0.3) is 0 Å². The SMILES string of the molecule is CCNC(=O)N1CCCC2(C1)NCCc1c2[nH]c2ccccc12. The van der Waals surface area contributed by atoms with E-state index in [-0.39, 0.29) is 11.6 Å². The highest BCUT2D eigenvalue weighted by Gasteiger charge is 2.43. The van der Waals surface area contributed by atoms with Crippen molar-refractivity contribution in [3.8, 4) is 0 Å². The summed E-state index contributed by atoms with van der Waals surface area (Å²) in [6.07, 6.45) is 3.14. The van der Waals surface area contributed by atoms with Gasteiger partial charge < -0.3 is 20.5 Å². The molecule has 2 aromatic rings. The van der Waals surface area contributed by atoms with Crippen molar-refractivity contribution in [1.29, 1.82) is 0 Å². The van der Waals surface area contributed by atoms with Crippen LogP contribution in [0.25, 0.3) is 10.9 Å². The van der Waals surface area contributed by atoms with Crippen molar-refractivity contribution in [3.05, 3.63) is 35.5 Å². The molecule has 2 aliphatic rings. The largest absolute Gasteiger partial charge is 0.357 e. The van der Waals surface area contributed by atoms with Crippen molar-refractivity contribution < 1.29 is 4.79 Å². The molecule has 1 unspecified atom stereocenters. The van der Waals surface area contributed by atoms with Gasteiger partial charge in [0.05, 0.1) is 5.54 Å². The lowest BCUT2D eigenvalue weighted by molar-refractivity contribution is 0.125. The van der Waals surface area contributed by atoms with E-state index in [2.05, 4.69) is 39.9 Å². The van der Waals surface area contributed by atoms with Crippen LogP contribution in [0.15, 0.2) is 24.3 Å². The summed E-state index contributed by atoms with van der Waals surface area (Å²) in [6.45, 7) is 5.18. The van der Waals surface area contributed by atoms with Crippen molar-refractivity contribution in [1.82, 2.24) is 20.5 Å². The average Bonchev–Trinajstić information content (AvgIpc) is 2.96. The number of rotatable bonds is 1. The molecule has 2 amide bonds. The summed E-state index contributed by atoms with van der Waals surface area (Å²) in [5.41, 5.74) is 3.79. The van der Waals surface area contributed by atoms with Crippen LogP contribution >= 0.6 is 0 Å². The number of H-pyrrole nitrogens is 1. The molecule has 0 radical (unpaired) electrons. The quantitative estimate of drug-likeness (QED) is 0.757. The zero-order valence-corrected chi connectivity index (χ0v) is 13.6. The number of fused-ring (bicyclic) bond motifs is 4. The van der Waals surface area contributed by atoms with Gasteiger partial charge >= 0.3 is 6.03 Å². The zero-order valence-electron chi connectivity index (χ0n) is 13.6. The van der Waals surface area contributed by atoms with Crippen LogP contribution in [0.1, 0.15) is 31.0 Å². The summed E-state index contributed by atoms with van der Waals surface area (Å²) in [5.74, 6) is 0. The van der Waals surface area contributed by atoms with Gasteiger partial charge in [-0.05, 0) is 37.8 Å². The van der Waals surface area contributed by atoms with Gasteiger partial charge in [-0.3, -0.25) is 0 Å². The monoisotopic (exact) mass is 312 g/mol. The van der Waals surface area contributed by atoms with Crippen LogP contribution in [0.3, 0.4) is 0 Å². The predicted octanol–water partition coefficient (Wildman–Crippen LogP) is 2.33. The first-order valence-corrected chi connectivity index (χ1v) is 8.61. The molecule has 3 heterocycles. The number of amides is 2. The van der Waals surface area contributed by atoms with Crippen LogP contribution in [0.2, 0.25) is 0 Å². The summed E-state index contributed by atoms with van der Waals surface area (Å²) < 4.78 is 0. The van der Waals surface area contributed by atoms with Crippen molar-refractivity contribution >= 4 is 16.9 Å². The molecule has 0 aliphatic carbocycles. The predicted molar refractivity (Wildman–Crippen MR) is 91.6 cm³/mol. The fraction of sp³-hybridized carbons (Fsp3) is 0.500. The number of nitrogens with zero attached hydrogens (tertiary/aromatic N) is 1. The maximum atomic E-state index is 12.3. The first kappa shape index (κ1) is 14.6. The van der Waals surface area contributed by atoms with Gasteiger partial charge in [0.1, 0.15) is 0 Å². The van der Waals surface area contributed by atoms with Gasteiger partial charge in [0, 0.05) is 42.8 Å². The Labute approximate surface area is 136 Å². The molecule has 1 saturated heterocycles. The van der Waals surface area contributed by atoms with Crippen LogP contribution in [0.5, 0.6) is 0 Å². The molecular weight excluding hydrogens is 288 g/mol. The number of hydrogen-bond donors (Lipinski definition) is 3. The van der Waals surface area contributed by atoms with Gasteiger partial charge in [0.2, 0.25) is 0 Å². The second kappa shape index (κ2) is 5.57. The Morgan fingerprint density at radius 3 is 3.13 bits per heavy atom. The minimum absolute atomic E-state index is 0.0524. The minimum Gasteiger partial charge on any atom is -0.357 e. The number of piperidine rings is 1. The second-order valence-corrected chi connectivity index (χ2v) is 6.64. The van der Waals surface area contributed by atoms with E-state index in [1.165, 1.54) is 22.2 Å². The highest BCUT2D eigenvalue weighted by molar-refractivity contribution is 5.85. The maximum Gasteiger partial charge on any atom is 0.317 e. The summed E-state index contributed by atoms with van der Waals surface area (Å²) in [7, 11) is 0. The smallest absolute Gasteiger partial charge is 0.317 e.